The van der Waals surface area contributed by atoms with E-state index in [1.165, 1.54) is 12.1 Å². The number of nitriles is 1. The van der Waals surface area contributed by atoms with Gasteiger partial charge in [0.15, 0.2) is 0 Å². The van der Waals surface area contributed by atoms with Crippen molar-refractivity contribution in [3.8, 4) is 6.07 Å². The van der Waals surface area contributed by atoms with Crippen LogP contribution in [0.2, 0.25) is 0 Å². The second kappa shape index (κ2) is 6.42. The van der Waals surface area contributed by atoms with Gasteiger partial charge in [-0.05, 0) is 35.4 Å². The Morgan fingerprint density at radius 3 is 1.76 bits per heavy atom. The van der Waals surface area contributed by atoms with Crippen LogP contribution in [-0.4, -0.2) is 0 Å². The molecule has 21 heavy (non-hydrogen) atoms. The van der Waals surface area contributed by atoms with Gasteiger partial charge >= 0.3 is 6.18 Å². The number of benzene rings is 2. The van der Waals surface area contributed by atoms with Crippen LogP contribution in [0.5, 0.6) is 0 Å². The minimum atomic E-state index is -4.30. The van der Waals surface area contributed by atoms with Crippen LogP contribution in [0.25, 0.3) is 0 Å². The molecule has 1 N–H and O–H groups in total. The summed E-state index contributed by atoms with van der Waals surface area (Å²) in [5, 5.41) is 11.8. The highest BCUT2D eigenvalue weighted by Crippen LogP contribution is 2.29. The summed E-state index contributed by atoms with van der Waals surface area (Å²) < 4.78 is 37.2. The van der Waals surface area contributed by atoms with Crippen molar-refractivity contribution in [1.82, 2.24) is 5.32 Å². The Bertz CT molecular complexity index is 623. The van der Waals surface area contributed by atoms with Crippen molar-refractivity contribution in [2.24, 2.45) is 0 Å². The van der Waals surface area contributed by atoms with Crippen LogP contribution >= 0.6 is 0 Å². The van der Waals surface area contributed by atoms with Crippen molar-refractivity contribution < 1.29 is 13.2 Å². The first-order valence-corrected chi connectivity index (χ1v) is 6.35. The van der Waals surface area contributed by atoms with E-state index in [0.29, 0.717) is 18.7 Å². The minimum Gasteiger partial charge on any atom is -0.309 e. The molecule has 2 nitrogen and oxygen atoms in total. The van der Waals surface area contributed by atoms with Gasteiger partial charge in [0.2, 0.25) is 0 Å². The van der Waals surface area contributed by atoms with Gasteiger partial charge in [-0.1, -0.05) is 24.3 Å². The highest BCUT2D eigenvalue weighted by molar-refractivity contribution is 5.31. The molecule has 2 rings (SSSR count). The largest absolute Gasteiger partial charge is 0.416 e. The van der Waals surface area contributed by atoms with Gasteiger partial charge in [-0.25, -0.2) is 0 Å². The third-order valence-corrected chi connectivity index (χ3v) is 3.02. The van der Waals surface area contributed by atoms with Crippen molar-refractivity contribution in [3.63, 3.8) is 0 Å². The molecule has 0 saturated heterocycles. The zero-order chi connectivity index (χ0) is 15.3. The molecule has 0 aliphatic rings. The first-order valence-electron chi connectivity index (χ1n) is 6.35. The molecule has 0 aromatic heterocycles. The fourth-order valence-electron chi connectivity index (χ4n) is 1.86. The highest BCUT2D eigenvalue weighted by Gasteiger charge is 2.29. The highest BCUT2D eigenvalue weighted by atomic mass is 19.4. The Morgan fingerprint density at radius 1 is 0.857 bits per heavy atom. The molecular formula is C16H13F3N2. The first-order chi connectivity index (χ1) is 9.99. The number of nitrogens with zero attached hydrogens (tertiary/aromatic N) is 1. The van der Waals surface area contributed by atoms with E-state index in [-0.39, 0.29) is 0 Å². The molecular weight excluding hydrogens is 277 g/mol. The van der Waals surface area contributed by atoms with E-state index in [1.54, 1.807) is 12.1 Å². The van der Waals surface area contributed by atoms with E-state index in [2.05, 4.69) is 5.32 Å². The maximum absolute atomic E-state index is 12.4. The summed E-state index contributed by atoms with van der Waals surface area (Å²) >= 11 is 0. The zero-order valence-electron chi connectivity index (χ0n) is 11.1. The molecule has 0 aliphatic heterocycles. The van der Waals surface area contributed by atoms with Crippen molar-refractivity contribution in [2.45, 2.75) is 19.3 Å². The van der Waals surface area contributed by atoms with Crippen molar-refractivity contribution in [2.75, 3.05) is 0 Å². The summed E-state index contributed by atoms with van der Waals surface area (Å²) in [7, 11) is 0. The standard InChI is InChI=1S/C16H13F3N2/c17-16(18,19)15-7-5-14(6-8-15)11-21-10-13-3-1-12(9-20)2-4-13/h1-8,21H,10-11H2. The number of hydrogen-bond acceptors (Lipinski definition) is 2. The van der Waals surface area contributed by atoms with Gasteiger partial charge in [0.05, 0.1) is 17.2 Å². The molecule has 2 aromatic rings. The molecule has 0 spiro atoms. The Balaban J connectivity index is 1.87. The number of nitrogens with one attached hydrogen (secondary N) is 1. The van der Waals surface area contributed by atoms with Gasteiger partial charge in [-0.3, -0.25) is 0 Å². The van der Waals surface area contributed by atoms with Gasteiger partial charge in [0.25, 0.3) is 0 Å². The molecule has 0 saturated carbocycles. The van der Waals surface area contributed by atoms with Crippen molar-refractivity contribution in [1.29, 1.82) is 5.26 Å². The fourth-order valence-corrected chi connectivity index (χ4v) is 1.86. The SMILES string of the molecule is N#Cc1ccc(CNCc2ccc(C(F)(F)F)cc2)cc1. The van der Waals surface area contributed by atoms with Gasteiger partial charge in [0.1, 0.15) is 0 Å². The Kier molecular flexibility index (Phi) is 4.61. The van der Waals surface area contributed by atoms with Crippen LogP contribution in [0.3, 0.4) is 0 Å². The Morgan fingerprint density at radius 2 is 1.33 bits per heavy atom. The van der Waals surface area contributed by atoms with Gasteiger partial charge in [0, 0.05) is 13.1 Å². The molecule has 0 unspecified atom stereocenters. The van der Waals surface area contributed by atoms with Gasteiger partial charge in [-0.15, -0.1) is 0 Å². The summed E-state index contributed by atoms with van der Waals surface area (Å²) in [4.78, 5) is 0. The van der Waals surface area contributed by atoms with E-state index >= 15 is 0 Å². The number of hydrogen-bond donors (Lipinski definition) is 1. The maximum Gasteiger partial charge on any atom is 0.416 e. The smallest absolute Gasteiger partial charge is 0.309 e. The molecule has 0 bridgehead atoms. The lowest BCUT2D eigenvalue weighted by Crippen LogP contribution is -2.13. The van der Waals surface area contributed by atoms with Crippen molar-refractivity contribution >= 4 is 0 Å². The van der Waals surface area contributed by atoms with E-state index in [9.17, 15) is 13.2 Å². The van der Waals surface area contributed by atoms with E-state index in [4.69, 9.17) is 5.26 Å². The summed E-state index contributed by atoms with van der Waals surface area (Å²) in [5.41, 5.74) is 1.76. The summed E-state index contributed by atoms with van der Waals surface area (Å²) in [6, 6.07) is 14.3. The lowest BCUT2D eigenvalue weighted by Gasteiger charge is -2.08. The first kappa shape index (κ1) is 15.1. The predicted octanol–water partition coefficient (Wildman–Crippen LogP) is 3.87. The van der Waals surface area contributed by atoms with Crippen LogP contribution < -0.4 is 5.32 Å². The second-order valence-electron chi connectivity index (χ2n) is 4.61. The van der Waals surface area contributed by atoms with E-state index < -0.39 is 11.7 Å². The van der Waals surface area contributed by atoms with E-state index in [1.807, 2.05) is 18.2 Å². The van der Waals surface area contributed by atoms with Gasteiger partial charge in [-0.2, -0.15) is 18.4 Å². The average Bonchev–Trinajstić information content (AvgIpc) is 2.47. The predicted molar refractivity (Wildman–Crippen MR) is 73.1 cm³/mol. The molecule has 0 amide bonds. The normalized spacial score (nSPS) is 11.1. The Hall–Kier alpha value is -2.32. The van der Waals surface area contributed by atoms with Crippen LogP contribution in [0, 0.1) is 11.3 Å². The quantitative estimate of drug-likeness (QED) is 0.928. The third-order valence-electron chi connectivity index (χ3n) is 3.02. The monoisotopic (exact) mass is 290 g/mol. The van der Waals surface area contributed by atoms with Gasteiger partial charge < -0.3 is 5.32 Å². The number of alkyl halides is 3. The topological polar surface area (TPSA) is 35.8 Å². The average molecular weight is 290 g/mol. The minimum absolute atomic E-state index is 0.484. The molecule has 2 aromatic carbocycles. The van der Waals surface area contributed by atoms with E-state index in [0.717, 1.165) is 23.3 Å². The summed E-state index contributed by atoms with van der Waals surface area (Å²) in [5.74, 6) is 0. The third kappa shape index (κ3) is 4.33. The van der Waals surface area contributed by atoms with Crippen LogP contribution in [-0.2, 0) is 19.3 Å². The number of halogens is 3. The molecule has 0 radical (unpaired) electrons. The number of rotatable bonds is 4. The fraction of sp³-hybridized carbons (Fsp3) is 0.188. The molecule has 108 valence electrons. The lowest BCUT2D eigenvalue weighted by atomic mass is 10.1. The summed E-state index contributed by atoms with van der Waals surface area (Å²) in [6.07, 6.45) is -4.30. The Labute approximate surface area is 120 Å². The summed E-state index contributed by atoms with van der Waals surface area (Å²) in [6.45, 7) is 1.07. The zero-order valence-corrected chi connectivity index (χ0v) is 11.1. The molecule has 0 fully saturated rings. The van der Waals surface area contributed by atoms with Crippen LogP contribution in [0.15, 0.2) is 48.5 Å². The molecule has 0 aliphatic carbocycles. The van der Waals surface area contributed by atoms with Crippen LogP contribution in [0.1, 0.15) is 22.3 Å². The lowest BCUT2D eigenvalue weighted by molar-refractivity contribution is -0.137. The molecule has 5 heteroatoms. The van der Waals surface area contributed by atoms with Crippen molar-refractivity contribution in [3.05, 3.63) is 70.8 Å². The second-order valence-corrected chi connectivity index (χ2v) is 4.61. The van der Waals surface area contributed by atoms with Crippen LogP contribution in [0.4, 0.5) is 13.2 Å². The molecule has 0 atom stereocenters. The molecule has 0 heterocycles. The maximum atomic E-state index is 12.4.